The molecule has 1 aliphatic heterocycles. The second-order valence-corrected chi connectivity index (χ2v) is 7.97. The SMILES string of the molecule is CC(C)(C)c1ccc2c(c1)N=C(c1ccncc1OCc1ccccc1)C2. The molecule has 27 heavy (non-hydrogen) atoms. The first-order chi connectivity index (χ1) is 13.0. The molecule has 3 heteroatoms. The first kappa shape index (κ1) is 17.5. The van der Waals surface area contributed by atoms with Crippen molar-refractivity contribution in [2.75, 3.05) is 0 Å². The molecule has 136 valence electrons. The minimum atomic E-state index is 0.119. The summed E-state index contributed by atoms with van der Waals surface area (Å²) in [6.07, 6.45) is 4.41. The minimum absolute atomic E-state index is 0.119. The summed E-state index contributed by atoms with van der Waals surface area (Å²) in [6, 6.07) is 18.8. The number of fused-ring (bicyclic) bond motifs is 1. The molecule has 0 aliphatic carbocycles. The molecule has 0 spiro atoms. The molecule has 0 unspecified atom stereocenters. The van der Waals surface area contributed by atoms with E-state index in [-0.39, 0.29) is 5.41 Å². The van der Waals surface area contributed by atoms with E-state index in [1.165, 1.54) is 11.1 Å². The fourth-order valence-electron chi connectivity index (χ4n) is 3.27. The van der Waals surface area contributed by atoms with Crippen LogP contribution in [0.5, 0.6) is 5.75 Å². The van der Waals surface area contributed by atoms with Gasteiger partial charge in [0.2, 0.25) is 0 Å². The number of nitrogens with zero attached hydrogens (tertiary/aromatic N) is 2. The largest absolute Gasteiger partial charge is 0.487 e. The molecule has 0 N–H and O–H groups in total. The number of rotatable bonds is 4. The summed E-state index contributed by atoms with van der Waals surface area (Å²) < 4.78 is 6.07. The van der Waals surface area contributed by atoms with Gasteiger partial charge in [0.1, 0.15) is 12.4 Å². The van der Waals surface area contributed by atoms with Crippen LogP contribution in [0.25, 0.3) is 0 Å². The maximum Gasteiger partial charge on any atom is 0.147 e. The predicted molar refractivity (Wildman–Crippen MR) is 110 cm³/mol. The van der Waals surface area contributed by atoms with Crippen molar-refractivity contribution in [2.45, 2.75) is 39.2 Å². The number of hydrogen-bond donors (Lipinski definition) is 0. The zero-order valence-corrected chi connectivity index (χ0v) is 16.1. The van der Waals surface area contributed by atoms with Crippen molar-refractivity contribution in [1.82, 2.24) is 4.98 Å². The Morgan fingerprint density at radius 3 is 2.59 bits per heavy atom. The Kier molecular flexibility index (Phi) is 4.53. The second-order valence-electron chi connectivity index (χ2n) is 7.97. The van der Waals surface area contributed by atoms with Gasteiger partial charge in [0.05, 0.1) is 17.6 Å². The van der Waals surface area contributed by atoms with Gasteiger partial charge in [-0.05, 0) is 34.2 Å². The Bertz CT molecular complexity index is 985. The fraction of sp³-hybridized carbons (Fsp3) is 0.250. The second kappa shape index (κ2) is 6.99. The summed E-state index contributed by atoms with van der Waals surface area (Å²) in [4.78, 5) is 9.17. The Labute approximate surface area is 160 Å². The van der Waals surface area contributed by atoms with E-state index in [1.807, 2.05) is 24.3 Å². The highest BCUT2D eigenvalue weighted by molar-refractivity contribution is 6.08. The normalized spacial score (nSPS) is 13.2. The number of aromatic nitrogens is 1. The monoisotopic (exact) mass is 356 g/mol. The molecule has 0 saturated heterocycles. The van der Waals surface area contributed by atoms with E-state index in [4.69, 9.17) is 9.73 Å². The highest BCUT2D eigenvalue weighted by Crippen LogP contribution is 2.35. The molecule has 4 rings (SSSR count). The first-order valence-electron chi connectivity index (χ1n) is 9.33. The van der Waals surface area contributed by atoms with Crippen molar-refractivity contribution in [2.24, 2.45) is 4.99 Å². The third-order valence-corrected chi connectivity index (χ3v) is 4.90. The molecule has 0 amide bonds. The van der Waals surface area contributed by atoms with Gasteiger partial charge in [-0.1, -0.05) is 63.2 Å². The lowest BCUT2D eigenvalue weighted by Gasteiger charge is -2.19. The van der Waals surface area contributed by atoms with Gasteiger partial charge >= 0.3 is 0 Å². The van der Waals surface area contributed by atoms with Crippen LogP contribution < -0.4 is 4.74 Å². The number of ether oxygens (including phenoxy) is 1. The van der Waals surface area contributed by atoms with Crippen molar-refractivity contribution in [3.05, 3.63) is 89.2 Å². The van der Waals surface area contributed by atoms with Crippen molar-refractivity contribution in [3.8, 4) is 5.75 Å². The van der Waals surface area contributed by atoms with Crippen LogP contribution in [0.3, 0.4) is 0 Å². The quantitative estimate of drug-likeness (QED) is 0.607. The summed E-state index contributed by atoms with van der Waals surface area (Å²) in [5.41, 5.74) is 6.97. The Morgan fingerprint density at radius 1 is 1.00 bits per heavy atom. The zero-order valence-electron chi connectivity index (χ0n) is 16.1. The Hall–Kier alpha value is -2.94. The lowest BCUT2D eigenvalue weighted by molar-refractivity contribution is 0.304. The van der Waals surface area contributed by atoms with Crippen LogP contribution in [-0.2, 0) is 18.4 Å². The Balaban J connectivity index is 1.60. The van der Waals surface area contributed by atoms with Gasteiger partial charge in [-0.25, -0.2) is 0 Å². The maximum absolute atomic E-state index is 6.07. The van der Waals surface area contributed by atoms with Crippen molar-refractivity contribution in [3.63, 3.8) is 0 Å². The van der Waals surface area contributed by atoms with Gasteiger partial charge in [0, 0.05) is 18.2 Å². The van der Waals surface area contributed by atoms with E-state index >= 15 is 0 Å². The summed E-state index contributed by atoms with van der Waals surface area (Å²) in [5.74, 6) is 0.781. The van der Waals surface area contributed by atoms with Crippen molar-refractivity contribution in [1.29, 1.82) is 0 Å². The molecule has 0 saturated carbocycles. The molecular weight excluding hydrogens is 332 g/mol. The van der Waals surface area contributed by atoms with Crippen LogP contribution >= 0.6 is 0 Å². The van der Waals surface area contributed by atoms with Crippen LogP contribution in [0.1, 0.15) is 43.0 Å². The minimum Gasteiger partial charge on any atom is -0.487 e. The molecule has 2 heterocycles. The topological polar surface area (TPSA) is 34.5 Å². The van der Waals surface area contributed by atoms with Crippen LogP contribution in [0.2, 0.25) is 0 Å². The van der Waals surface area contributed by atoms with Crippen LogP contribution in [-0.4, -0.2) is 10.7 Å². The van der Waals surface area contributed by atoms with E-state index < -0.39 is 0 Å². The van der Waals surface area contributed by atoms with E-state index in [9.17, 15) is 0 Å². The number of aliphatic imine (C=N–C) groups is 1. The zero-order chi connectivity index (χ0) is 18.9. The van der Waals surface area contributed by atoms with E-state index in [2.05, 4.69) is 56.1 Å². The van der Waals surface area contributed by atoms with E-state index in [0.29, 0.717) is 6.61 Å². The van der Waals surface area contributed by atoms with Crippen LogP contribution in [0.4, 0.5) is 5.69 Å². The smallest absolute Gasteiger partial charge is 0.147 e. The molecule has 1 aliphatic rings. The molecule has 3 aromatic rings. The van der Waals surface area contributed by atoms with Gasteiger partial charge in [0.25, 0.3) is 0 Å². The first-order valence-corrected chi connectivity index (χ1v) is 9.33. The standard InChI is InChI=1S/C24H24N2O/c1-24(2,3)19-10-9-18-13-22(26-21(18)14-19)20-11-12-25-15-23(20)27-16-17-7-5-4-6-8-17/h4-12,14-15H,13,16H2,1-3H3. The summed E-state index contributed by atoms with van der Waals surface area (Å²) in [6.45, 7) is 7.21. The fourth-order valence-corrected chi connectivity index (χ4v) is 3.27. The van der Waals surface area contributed by atoms with Crippen molar-refractivity contribution < 1.29 is 4.74 Å². The molecule has 0 fully saturated rings. The molecule has 3 nitrogen and oxygen atoms in total. The lowest BCUT2D eigenvalue weighted by Crippen LogP contribution is -2.10. The van der Waals surface area contributed by atoms with Crippen LogP contribution in [0.15, 0.2) is 72.0 Å². The highest BCUT2D eigenvalue weighted by atomic mass is 16.5. The van der Waals surface area contributed by atoms with Gasteiger partial charge in [-0.2, -0.15) is 0 Å². The third-order valence-electron chi connectivity index (χ3n) is 4.90. The molecule has 2 aromatic carbocycles. The van der Waals surface area contributed by atoms with Gasteiger partial charge in [0.15, 0.2) is 0 Å². The Morgan fingerprint density at radius 2 is 1.81 bits per heavy atom. The third kappa shape index (κ3) is 3.77. The lowest BCUT2D eigenvalue weighted by atomic mass is 9.86. The predicted octanol–water partition coefficient (Wildman–Crippen LogP) is 5.64. The average Bonchev–Trinajstić information content (AvgIpc) is 3.10. The number of benzene rings is 2. The molecule has 0 radical (unpaired) electrons. The molecular formula is C24H24N2O. The van der Waals surface area contributed by atoms with E-state index in [0.717, 1.165) is 34.7 Å². The number of hydrogen-bond acceptors (Lipinski definition) is 3. The molecule has 0 atom stereocenters. The molecule has 1 aromatic heterocycles. The van der Waals surface area contributed by atoms with E-state index in [1.54, 1.807) is 12.4 Å². The molecule has 0 bridgehead atoms. The number of pyridine rings is 1. The van der Waals surface area contributed by atoms with Gasteiger partial charge < -0.3 is 4.74 Å². The average molecular weight is 356 g/mol. The summed E-state index contributed by atoms with van der Waals surface area (Å²) >= 11 is 0. The van der Waals surface area contributed by atoms with Gasteiger partial charge in [-0.3, -0.25) is 9.98 Å². The van der Waals surface area contributed by atoms with Crippen molar-refractivity contribution >= 4 is 11.4 Å². The van der Waals surface area contributed by atoms with Gasteiger partial charge in [-0.15, -0.1) is 0 Å². The highest BCUT2D eigenvalue weighted by Gasteiger charge is 2.22. The maximum atomic E-state index is 6.07. The summed E-state index contributed by atoms with van der Waals surface area (Å²) in [5, 5.41) is 0. The van der Waals surface area contributed by atoms with Crippen LogP contribution in [0, 0.1) is 0 Å². The summed E-state index contributed by atoms with van der Waals surface area (Å²) in [7, 11) is 0.